The van der Waals surface area contributed by atoms with Crippen molar-refractivity contribution in [2.75, 3.05) is 4.72 Å². The molecule has 6 heteroatoms. The fraction of sp³-hybridized carbons (Fsp3) is 0.154. The van der Waals surface area contributed by atoms with Crippen molar-refractivity contribution in [3.8, 4) is 0 Å². The lowest BCUT2D eigenvalue weighted by Crippen LogP contribution is -2.13. The van der Waals surface area contributed by atoms with Crippen molar-refractivity contribution in [2.24, 2.45) is 0 Å². The van der Waals surface area contributed by atoms with Crippen molar-refractivity contribution in [2.45, 2.75) is 17.1 Å². The highest BCUT2D eigenvalue weighted by Crippen LogP contribution is 2.19. The van der Waals surface area contributed by atoms with Crippen molar-refractivity contribution in [1.29, 1.82) is 0 Å². The maximum atomic E-state index is 12.2. The first kappa shape index (κ1) is 14.0. The van der Waals surface area contributed by atoms with E-state index in [1.165, 1.54) is 0 Å². The molecular formula is C13H13BrN2O2S. The van der Waals surface area contributed by atoms with Gasteiger partial charge in [-0.05, 0) is 36.2 Å². The van der Waals surface area contributed by atoms with Crippen LogP contribution >= 0.6 is 15.9 Å². The predicted octanol–water partition coefficient (Wildman–Crippen LogP) is 3.09. The summed E-state index contributed by atoms with van der Waals surface area (Å²) in [5.41, 5.74) is 2.35. The van der Waals surface area contributed by atoms with Crippen LogP contribution in [0, 0.1) is 6.92 Å². The molecule has 0 unspecified atom stereocenters. The maximum Gasteiger partial charge on any atom is 0.261 e. The van der Waals surface area contributed by atoms with Gasteiger partial charge in [-0.25, -0.2) is 8.42 Å². The zero-order chi connectivity index (χ0) is 13.9. The number of benzene rings is 1. The third-order valence-electron chi connectivity index (χ3n) is 2.65. The minimum atomic E-state index is -3.55. The van der Waals surface area contributed by atoms with E-state index in [-0.39, 0.29) is 4.90 Å². The molecule has 100 valence electrons. The first-order valence-corrected chi connectivity index (χ1v) is 8.22. The van der Waals surface area contributed by atoms with Gasteiger partial charge in [0.15, 0.2) is 0 Å². The van der Waals surface area contributed by atoms with Gasteiger partial charge >= 0.3 is 0 Å². The third kappa shape index (κ3) is 3.33. The van der Waals surface area contributed by atoms with Gasteiger partial charge in [0.25, 0.3) is 10.0 Å². The van der Waals surface area contributed by atoms with Crippen molar-refractivity contribution in [3.63, 3.8) is 0 Å². The molecule has 0 bridgehead atoms. The monoisotopic (exact) mass is 340 g/mol. The van der Waals surface area contributed by atoms with Crippen LogP contribution in [0.3, 0.4) is 0 Å². The van der Waals surface area contributed by atoms with E-state index in [9.17, 15) is 8.42 Å². The second-order valence-corrected chi connectivity index (χ2v) is 6.32. The maximum absolute atomic E-state index is 12.2. The number of hydrogen-bond acceptors (Lipinski definition) is 3. The summed E-state index contributed by atoms with van der Waals surface area (Å²) in [4.78, 5) is 4.17. The summed E-state index contributed by atoms with van der Waals surface area (Å²) in [5.74, 6) is 0. The van der Waals surface area contributed by atoms with Crippen LogP contribution in [0.4, 0.5) is 5.69 Å². The van der Waals surface area contributed by atoms with Crippen molar-refractivity contribution >= 4 is 31.6 Å². The number of rotatable bonds is 4. The van der Waals surface area contributed by atoms with Gasteiger partial charge < -0.3 is 0 Å². The molecule has 0 amide bonds. The topological polar surface area (TPSA) is 59.1 Å². The van der Waals surface area contributed by atoms with E-state index in [1.54, 1.807) is 49.6 Å². The summed E-state index contributed by atoms with van der Waals surface area (Å²) in [6.45, 7) is 1.80. The van der Waals surface area contributed by atoms with Gasteiger partial charge in [-0.15, -0.1) is 0 Å². The Labute approximate surface area is 121 Å². The summed E-state index contributed by atoms with van der Waals surface area (Å²) >= 11 is 3.32. The van der Waals surface area contributed by atoms with E-state index in [0.29, 0.717) is 11.0 Å². The molecule has 1 aromatic heterocycles. The van der Waals surface area contributed by atoms with Gasteiger partial charge in [-0.2, -0.15) is 0 Å². The molecule has 19 heavy (non-hydrogen) atoms. The number of hydrogen-bond donors (Lipinski definition) is 1. The van der Waals surface area contributed by atoms with Gasteiger partial charge in [0, 0.05) is 17.7 Å². The lowest BCUT2D eigenvalue weighted by atomic mass is 10.2. The summed E-state index contributed by atoms with van der Waals surface area (Å²) in [6, 6.07) is 8.38. The SMILES string of the molecule is Cc1cnccc1NS(=O)(=O)c1ccc(CBr)cc1. The van der Waals surface area contributed by atoms with Gasteiger partial charge in [0.1, 0.15) is 0 Å². The van der Waals surface area contributed by atoms with Gasteiger partial charge in [-0.3, -0.25) is 9.71 Å². The zero-order valence-electron chi connectivity index (χ0n) is 10.3. The molecule has 2 aromatic rings. The van der Waals surface area contributed by atoms with E-state index in [4.69, 9.17) is 0 Å². The van der Waals surface area contributed by atoms with E-state index in [2.05, 4.69) is 25.6 Å². The van der Waals surface area contributed by atoms with Crippen LogP contribution in [0.15, 0.2) is 47.6 Å². The molecule has 0 aliphatic heterocycles. The quantitative estimate of drug-likeness (QED) is 0.870. The number of aromatic nitrogens is 1. The fourth-order valence-electron chi connectivity index (χ4n) is 1.55. The van der Waals surface area contributed by atoms with Crippen LogP contribution in [0.5, 0.6) is 0 Å². The molecule has 1 N–H and O–H groups in total. The lowest BCUT2D eigenvalue weighted by molar-refractivity contribution is 0.601. The number of alkyl halides is 1. The second kappa shape index (κ2) is 5.71. The van der Waals surface area contributed by atoms with Crippen molar-refractivity contribution < 1.29 is 8.42 Å². The summed E-state index contributed by atoms with van der Waals surface area (Å²) in [6.07, 6.45) is 3.17. The average molecular weight is 341 g/mol. The molecule has 0 aliphatic carbocycles. The van der Waals surface area contributed by atoms with Gasteiger partial charge in [0.2, 0.25) is 0 Å². The summed E-state index contributed by atoms with van der Waals surface area (Å²) in [7, 11) is -3.55. The molecule has 0 saturated carbocycles. The van der Waals surface area contributed by atoms with Crippen molar-refractivity contribution in [3.05, 3.63) is 53.9 Å². The molecule has 0 spiro atoms. The molecule has 1 heterocycles. The van der Waals surface area contributed by atoms with Crippen LogP contribution in [0.2, 0.25) is 0 Å². The van der Waals surface area contributed by atoms with E-state index in [1.807, 2.05) is 0 Å². The first-order valence-electron chi connectivity index (χ1n) is 5.61. The van der Waals surface area contributed by atoms with Crippen molar-refractivity contribution in [1.82, 2.24) is 4.98 Å². The molecular weight excluding hydrogens is 328 g/mol. The van der Waals surface area contributed by atoms with E-state index >= 15 is 0 Å². The van der Waals surface area contributed by atoms with Crippen LogP contribution in [0.1, 0.15) is 11.1 Å². The standard InChI is InChI=1S/C13H13BrN2O2S/c1-10-9-15-7-6-13(10)16-19(17,18)12-4-2-11(8-14)3-5-12/h2-7,9H,8H2,1H3,(H,15,16). The molecule has 0 radical (unpaired) electrons. The number of nitrogens with one attached hydrogen (secondary N) is 1. The molecule has 0 saturated heterocycles. The number of sulfonamides is 1. The Morgan fingerprint density at radius 2 is 1.89 bits per heavy atom. The number of pyridine rings is 1. The lowest BCUT2D eigenvalue weighted by Gasteiger charge is -2.10. The zero-order valence-corrected chi connectivity index (χ0v) is 12.7. The van der Waals surface area contributed by atoms with E-state index < -0.39 is 10.0 Å². The molecule has 0 fully saturated rings. The summed E-state index contributed by atoms with van der Waals surface area (Å²) < 4.78 is 27.0. The Morgan fingerprint density at radius 1 is 1.21 bits per heavy atom. The van der Waals surface area contributed by atoms with E-state index in [0.717, 1.165) is 11.1 Å². The summed E-state index contributed by atoms with van der Waals surface area (Å²) in [5, 5.41) is 0.699. The predicted molar refractivity (Wildman–Crippen MR) is 78.9 cm³/mol. The number of aryl methyl sites for hydroxylation is 1. The fourth-order valence-corrected chi connectivity index (χ4v) is 3.05. The molecule has 2 rings (SSSR count). The molecule has 4 nitrogen and oxygen atoms in total. The number of anilines is 1. The molecule has 0 aliphatic rings. The second-order valence-electron chi connectivity index (χ2n) is 4.07. The van der Waals surface area contributed by atoms with Crippen LogP contribution in [-0.2, 0) is 15.4 Å². The van der Waals surface area contributed by atoms with Crippen LogP contribution in [-0.4, -0.2) is 13.4 Å². The Hall–Kier alpha value is -1.40. The Bertz CT molecular complexity index is 669. The largest absolute Gasteiger partial charge is 0.279 e. The molecule has 1 aromatic carbocycles. The Kier molecular flexibility index (Phi) is 4.21. The Balaban J connectivity index is 2.30. The van der Waals surface area contributed by atoms with Crippen LogP contribution in [0.25, 0.3) is 0 Å². The first-order chi connectivity index (χ1) is 9.03. The normalized spacial score (nSPS) is 11.3. The highest BCUT2D eigenvalue weighted by atomic mass is 79.9. The smallest absolute Gasteiger partial charge is 0.261 e. The Morgan fingerprint density at radius 3 is 2.47 bits per heavy atom. The van der Waals surface area contributed by atoms with Gasteiger partial charge in [0.05, 0.1) is 10.6 Å². The average Bonchev–Trinajstić information content (AvgIpc) is 2.41. The number of nitrogens with zero attached hydrogens (tertiary/aromatic N) is 1. The molecule has 0 atom stereocenters. The highest BCUT2D eigenvalue weighted by Gasteiger charge is 2.14. The van der Waals surface area contributed by atoms with Crippen LogP contribution < -0.4 is 4.72 Å². The minimum absolute atomic E-state index is 0.244. The minimum Gasteiger partial charge on any atom is -0.279 e. The third-order valence-corrected chi connectivity index (χ3v) is 4.68. The van der Waals surface area contributed by atoms with Gasteiger partial charge in [-0.1, -0.05) is 28.1 Å². The number of halogens is 1. The highest BCUT2D eigenvalue weighted by molar-refractivity contribution is 9.08.